The van der Waals surface area contributed by atoms with Gasteiger partial charge in [-0.3, -0.25) is 4.79 Å². The fraction of sp³-hybridized carbons (Fsp3) is 0.0741. The molecule has 4 aromatic rings. The minimum Gasteiger partial charge on any atom is -0.460 e. The zero-order valence-corrected chi connectivity index (χ0v) is 16.7. The van der Waals surface area contributed by atoms with Crippen LogP contribution in [0.4, 0.5) is 0 Å². The summed E-state index contributed by atoms with van der Waals surface area (Å²) in [6.45, 7) is 0.159. The fourth-order valence-corrected chi connectivity index (χ4v) is 3.73. The van der Waals surface area contributed by atoms with Crippen molar-refractivity contribution in [3.8, 4) is 23.0 Å². The molecule has 0 unspecified atom stereocenters. The molecule has 4 heteroatoms. The Morgan fingerprint density at radius 1 is 0.710 bits per heavy atom. The molecular formula is C27H20O4. The third-order valence-electron chi connectivity index (χ3n) is 5.17. The average Bonchev–Trinajstić information content (AvgIpc) is 2.82. The van der Waals surface area contributed by atoms with E-state index < -0.39 is 5.92 Å². The second-order valence-corrected chi connectivity index (χ2v) is 7.28. The first-order chi connectivity index (χ1) is 15.3. The molecule has 1 aliphatic heterocycles. The number of ether oxygens (including phenoxy) is 3. The largest absolute Gasteiger partial charge is 0.460 e. The maximum absolute atomic E-state index is 13.2. The van der Waals surface area contributed by atoms with Crippen molar-refractivity contribution in [2.24, 2.45) is 0 Å². The smallest absolute Gasteiger partial charge is 0.318 e. The molecule has 31 heavy (non-hydrogen) atoms. The van der Waals surface area contributed by atoms with E-state index in [1.54, 1.807) is 0 Å². The molecule has 1 heterocycles. The zero-order valence-electron chi connectivity index (χ0n) is 16.7. The first-order valence-corrected chi connectivity index (χ1v) is 10.1. The highest BCUT2D eigenvalue weighted by atomic mass is 16.5. The number of carbonyl (C=O) groups is 1. The Labute approximate surface area is 180 Å². The Morgan fingerprint density at radius 3 is 2.03 bits per heavy atom. The summed E-state index contributed by atoms with van der Waals surface area (Å²) in [7, 11) is 0. The van der Waals surface area contributed by atoms with Gasteiger partial charge in [-0.05, 0) is 42.0 Å². The molecule has 152 valence electrons. The highest BCUT2D eigenvalue weighted by Gasteiger charge is 2.33. The minimum absolute atomic E-state index is 0.159. The topological polar surface area (TPSA) is 44.8 Å². The first kappa shape index (κ1) is 18.9. The van der Waals surface area contributed by atoms with Gasteiger partial charge in [0.25, 0.3) is 0 Å². The van der Waals surface area contributed by atoms with Crippen molar-refractivity contribution in [3.63, 3.8) is 0 Å². The third-order valence-corrected chi connectivity index (χ3v) is 5.17. The summed E-state index contributed by atoms with van der Waals surface area (Å²) in [6, 6.07) is 32.3. The molecule has 0 aromatic heterocycles. The van der Waals surface area contributed by atoms with E-state index in [1.165, 1.54) is 0 Å². The van der Waals surface area contributed by atoms with E-state index in [0.29, 0.717) is 17.2 Å². The predicted molar refractivity (Wildman–Crippen MR) is 118 cm³/mol. The molecule has 4 nitrogen and oxygen atoms in total. The number of rotatable bonds is 5. The summed E-state index contributed by atoms with van der Waals surface area (Å²) >= 11 is 0. The molecule has 1 aliphatic rings. The van der Waals surface area contributed by atoms with Crippen LogP contribution in [0.3, 0.4) is 0 Å². The van der Waals surface area contributed by atoms with Gasteiger partial charge in [-0.2, -0.15) is 0 Å². The molecule has 0 aliphatic carbocycles. The molecule has 0 atom stereocenters. The summed E-state index contributed by atoms with van der Waals surface area (Å²) in [5, 5.41) is 0. The van der Waals surface area contributed by atoms with Crippen molar-refractivity contribution < 1.29 is 19.0 Å². The second-order valence-electron chi connectivity index (χ2n) is 7.28. The molecular weight excluding hydrogens is 388 g/mol. The van der Waals surface area contributed by atoms with Gasteiger partial charge in [0, 0.05) is 11.1 Å². The number of benzene rings is 4. The van der Waals surface area contributed by atoms with Crippen molar-refractivity contribution in [2.75, 3.05) is 0 Å². The summed E-state index contributed by atoms with van der Waals surface area (Å²) in [6.07, 6.45) is 0. The van der Waals surface area contributed by atoms with E-state index >= 15 is 0 Å². The lowest BCUT2D eigenvalue weighted by molar-refractivity contribution is -0.145. The van der Waals surface area contributed by atoms with Gasteiger partial charge in [0.15, 0.2) is 0 Å². The van der Waals surface area contributed by atoms with Crippen LogP contribution in [0.25, 0.3) is 0 Å². The maximum atomic E-state index is 13.2. The van der Waals surface area contributed by atoms with E-state index in [0.717, 1.165) is 22.4 Å². The first-order valence-electron chi connectivity index (χ1n) is 10.1. The van der Waals surface area contributed by atoms with Crippen LogP contribution in [0.1, 0.15) is 22.6 Å². The Kier molecular flexibility index (Phi) is 5.11. The minimum atomic E-state index is -0.523. The van der Waals surface area contributed by atoms with Crippen LogP contribution in [-0.4, -0.2) is 5.97 Å². The maximum Gasteiger partial charge on any atom is 0.318 e. The van der Waals surface area contributed by atoms with Gasteiger partial charge in [-0.1, -0.05) is 66.7 Å². The lowest BCUT2D eigenvalue weighted by Crippen LogP contribution is -2.21. The van der Waals surface area contributed by atoms with E-state index in [2.05, 4.69) is 0 Å². The Balaban J connectivity index is 1.34. The quantitative estimate of drug-likeness (QED) is 0.356. The summed E-state index contributed by atoms with van der Waals surface area (Å²) in [5.74, 6) is 1.99. The molecule has 0 saturated heterocycles. The Bertz CT molecular complexity index is 1170. The fourth-order valence-electron chi connectivity index (χ4n) is 3.73. The summed E-state index contributed by atoms with van der Waals surface area (Å²) in [5.41, 5.74) is 2.48. The van der Waals surface area contributed by atoms with Crippen LogP contribution in [-0.2, 0) is 16.1 Å². The van der Waals surface area contributed by atoms with Crippen LogP contribution in [0, 0.1) is 0 Å². The number of carbonyl (C=O) groups excluding carboxylic acids is 1. The third kappa shape index (κ3) is 4.01. The number of hydrogen-bond acceptors (Lipinski definition) is 4. The van der Waals surface area contributed by atoms with Gasteiger partial charge in [0.1, 0.15) is 35.5 Å². The molecule has 0 saturated carbocycles. The number of fused-ring (bicyclic) bond motifs is 2. The van der Waals surface area contributed by atoms with Crippen LogP contribution in [0.2, 0.25) is 0 Å². The predicted octanol–water partition coefficient (Wildman–Crippen LogP) is 6.46. The average molecular weight is 408 g/mol. The van der Waals surface area contributed by atoms with Gasteiger partial charge >= 0.3 is 5.97 Å². The molecule has 0 N–H and O–H groups in total. The van der Waals surface area contributed by atoms with E-state index in [1.807, 2.05) is 103 Å². The Morgan fingerprint density at radius 2 is 1.32 bits per heavy atom. The van der Waals surface area contributed by atoms with Crippen molar-refractivity contribution >= 4 is 5.97 Å². The van der Waals surface area contributed by atoms with Crippen molar-refractivity contribution in [2.45, 2.75) is 12.5 Å². The SMILES string of the molecule is O=C(OCc1cccc(Oc2ccccc2)c1)C1c2ccccc2Oc2ccccc21. The molecule has 0 radical (unpaired) electrons. The van der Waals surface area contributed by atoms with Gasteiger partial charge in [0.2, 0.25) is 0 Å². The highest BCUT2D eigenvalue weighted by molar-refractivity contribution is 5.85. The van der Waals surface area contributed by atoms with Crippen molar-refractivity contribution in [3.05, 3.63) is 120 Å². The van der Waals surface area contributed by atoms with Crippen molar-refractivity contribution in [1.82, 2.24) is 0 Å². The van der Waals surface area contributed by atoms with E-state index in [4.69, 9.17) is 14.2 Å². The Hall–Kier alpha value is -4.05. The number of para-hydroxylation sites is 3. The van der Waals surface area contributed by atoms with Gasteiger partial charge in [-0.15, -0.1) is 0 Å². The summed E-state index contributed by atoms with van der Waals surface area (Å²) < 4.78 is 17.6. The van der Waals surface area contributed by atoms with Crippen LogP contribution < -0.4 is 9.47 Å². The zero-order chi connectivity index (χ0) is 21.0. The van der Waals surface area contributed by atoms with Crippen molar-refractivity contribution in [1.29, 1.82) is 0 Å². The number of hydrogen-bond donors (Lipinski definition) is 0. The number of esters is 1. The second kappa shape index (κ2) is 8.36. The standard InChI is InChI=1S/C27H20O4/c28-27(26-22-13-4-6-15-24(22)31-25-16-7-5-14-23(25)26)29-18-19-9-8-12-21(17-19)30-20-10-2-1-3-11-20/h1-17,26H,18H2. The molecule has 0 fully saturated rings. The van der Waals surface area contributed by atoms with Gasteiger partial charge in [-0.25, -0.2) is 0 Å². The monoisotopic (exact) mass is 408 g/mol. The summed E-state index contributed by atoms with van der Waals surface area (Å²) in [4.78, 5) is 13.2. The van der Waals surface area contributed by atoms with Crippen LogP contribution >= 0.6 is 0 Å². The molecule has 0 bridgehead atoms. The van der Waals surface area contributed by atoms with E-state index in [-0.39, 0.29) is 12.6 Å². The highest BCUT2D eigenvalue weighted by Crippen LogP contribution is 2.44. The molecule has 0 amide bonds. The lowest BCUT2D eigenvalue weighted by atomic mass is 9.88. The van der Waals surface area contributed by atoms with E-state index in [9.17, 15) is 4.79 Å². The van der Waals surface area contributed by atoms with Crippen LogP contribution in [0.15, 0.2) is 103 Å². The normalized spacial score (nSPS) is 12.3. The van der Waals surface area contributed by atoms with Gasteiger partial charge < -0.3 is 14.2 Å². The van der Waals surface area contributed by atoms with Gasteiger partial charge in [0.05, 0.1) is 0 Å². The lowest BCUT2D eigenvalue weighted by Gasteiger charge is -2.26. The molecule has 4 aromatic carbocycles. The van der Waals surface area contributed by atoms with Crippen LogP contribution in [0.5, 0.6) is 23.0 Å². The molecule has 0 spiro atoms. The molecule has 5 rings (SSSR count).